The quantitative estimate of drug-likeness (QED) is 0.842. The lowest BCUT2D eigenvalue weighted by Crippen LogP contribution is -2.40. The Hall–Kier alpha value is -1.38. The Bertz CT molecular complexity index is 609. The van der Waals surface area contributed by atoms with Crippen molar-refractivity contribution in [1.29, 1.82) is 0 Å². The summed E-state index contributed by atoms with van der Waals surface area (Å²) in [5.41, 5.74) is 1.58. The highest BCUT2D eigenvalue weighted by Crippen LogP contribution is 2.30. The fourth-order valence-electron chi connectivity index (χ4n) is 3.21. The Morgan fingerprint density at radius 3 is 2.62 bits per heavy atom. The molecule has 1 heterocycles. The van der Waals surface area contributed by atoms with E-state index in [9.17, 15) is 0 Å². The van der Waals surface area contributed by atoms with Gasteiger partial charge in [0.25, 0.3) is 0 Å². The van der Waals surface area contributed by atoms with E-state index >= 15 is 0 Å². The summed E-state index contributed by atoms with van der Waals surface area (Å²) in [5.74, 6) is 0. The van der Waals surface area contributed by atoms with Crippen molar-refractivity contribution in [2.24, 2.45) is 5.41 Å². The topological polar surface area (TPSA) is 21.3 Å². The van der Waals surface area contributed by atoms with Crippen molar-refractivity contribution in [3.8, 4) is 0 Å². The van der Waals surface area contributed by atoms with Gasteiger partial charge < -0.3 is 10.1 Å². The lowest BCUT2D eigenvalue weighted by molar-refractivity contribution is 0.0663. The Labute approximate surface area is 127 Å². The highest BCUT2D eigenvalue weighted by molar-refractivity contribution is 5.86. The molecule has 0 amide bonds. The molecule has 0 aromatic heterocycles. The smallest absolute Gasteiger partial charge is 0.0955 e. The van der Waals surface area contributed by atoms with Gasteiger partial charge in [-0.2, -0.15) is 0 Å². The monoisotopic (exact) mass is 283 g/mol. The van der Waals surface area contributed by atoms with Gasteiger partial charge in [0.15, 0.2) is 0 Å². The molecule has 1 N–H and O–H groups in total. The number of hydrogen-bond acceptors (Lipinski definition) is 2. The SMILES string of the molecule is CC(C)(C)C1CCOC(c2cccc3ccccc23)CN1. The van der Waals surface area contributed by atoms with Gasteiger partial charge in [-0.25, -0.2) is 0 Å². The lowest BCUT2D eigenvalue weighted by Gasteiger charge is -2.30. The van der Waals surface area contributed by atoms with E-state index < -0.39 is 0 Å². The summed E-state index contributed by atoms with van der Waals surface area (Å²) in [6.45, 7) is 8.59. The van der Waals surface area contributed by atoms with Crippen LogP contribution in [-0.2, 0) is 4.74 Å². The molecule has 0 saturated carbocycles. The molecule has 2 unspecified atom stereocenters. The molecule has 2 aromatic rings. The van der Waals surface area contributed by atoms with Crippen LogP contribution in [0.2, 0.25) is 0 Å². The van der Waals surface area contributed by atoms with Crippen molar-refractivity contribution in [3.05, 3.63) is 48.0 Å². The van der Waals surface area contributed by atoms with Crippen LogP contribution in [0.3, 0.4) is 0 Å². The second-order valence-electron chi connectivity index (χ2n) is 7.04. The molecular weight excluding hydrogens is 258 g/mol. The fraction of sp³-hybridized carbons (Fsp3) is 0.474. The molecule has 0 bridgehead atoms. The van der Waals surface area contributed by atoms with Gasteiger partial charge in [0.1, 0.15) is 0 Å². The second-order valence-corrected chi connectivity index (χ2v) is 7.04. The second kappa shape index (κ2) is 5.78. The molecule has 1 aliphatic rings. The molecule has 1 aliphatic heterocycles. The van der Waals surface area contributed by atoms with E-state index in [1.807, 2.05) is 0 Å². The van der Waals surface area contributed by atoms with Crippen LogP contribution >= 0.6 is 0 Å². The van der Waals surface area contributed by atoms with E-state index in [1.54, 1.807) is 0 Å². The van der Waals surface area contributed by atoms with Gasteiger partial charge in [0, 0.05) is 19.2 Å². The average Bonchev–Trinajstić information content (AvgIpc) is 2.72. The average molecular weight is 283 g/mol. The van der Waals surface area contributed by atoms with Crippen LogP contribution in [-0.4, -0.2) is 19.2 Å². The zero-order valence-electron chi connectivity index (χ0n) is 13.2. The van der Waals surface area contributed by atoms with E-state index in [0.717, 1.165) is 19.6 Å². The number of nitrogens with one attached hydrogen (secondary N) is 1. The van der Waals surface area contributed by atoms with Crippen LogP contribution < -0.4 is 5.32 Å². The molecule has 3 rings (SSSR count). The van der Waals surface area contributed by atoms with Gasteiger partial charge in [0.05, 0.1) is 6.10 Å². The van der Waals surface area contributed by atoms with Crippen LogP contribution in [0.25, 0.3) is 10.8 Å². The van der Waals surface area contributed by atoms with Gasteiger partial charge in [-0.1, -0.05) is 63.2 Å². The highest BCUT2D eigenvalue weighted by atomic mass is 16.5. The predicted molar refractivity (Wildman–Crippen MR) is 88.5 cm³/mol. The molecule has 1 saturated heterocycles. The maximum Gasteiger partial charge on any atom is 0.0955 e. The van der Waals surface area contributed by atoms with Gasteiger partial charge in [-0.15, -0.1) is 0 Å². The van der Waals surface area contributed by atoms with Crippen molar-refractivity contribution in [1.82, 2.24) is 5.32 Å². The number of rotatable bonds is 1. The standard InChI is InChI=1S/C19H25NO/c1-19(2,3)18-11-12-21-17(13-20-18)16-10-6-8-14-7-4-5-9-15(14)16/h4-10,17-18,20H,11-13H2,1-3H3. The van der Waals surface area contributed by atoms with Crippen molar-refractivity contribution >= 4 is 10.8 Å². The zero-order valence-corrected chi connectivity index (χ0v) is 13.2. The van der Waals surface area contributed by atoms with E-state index in [-0.39, 0.29) is 11.5 Å². The molecule has 2 heteroatoms. The van der Waals surface area contributed by atoms with Crippen molar-refractivity contribution < 1.29 is 4.74 Å². The van der Waals surface area contributed by atoms with Crippen LogP contribution in [0, 0.1) is 5.41 Å². The maximum atomic E-state index is 6.16. The Kier molecular flexibility index (Phi) is 4.01. The van der Waals surface area contributed by atoms with E-state index in [1.165, 1.54) is 16.3 Å². The molecular formula is C19H25NO. The first-order valence-electron chi connectivity index (χ1n) is 7.88. The summed E-state index contributed by atoms with van der Waals surface area (Å²) >= 11 is 0. The minimum atomic E-state index is 0.142. The molecule has 0 aliphatic carbocycles. The number of fused-ring (bicyclic) bond motifs is 1. The molecule has 112 valence electrons. The molecule has 21 heavy (non-hydrogen) atoms. The molecule has 0 radical (unpaired) electrons. The fourth-order valence-corrected chi connectivity index (χ4v) is 3.21. The number of ether oxygens (including phenoxy) is 1. The molecule has 1 fully saturated rings. The van der Waals surface area contributed by atoms with Gasteiger partial charge in [-0.3, -0.25) is 0 Å². The normalized spacial score (nSPS) is 24.0. The van der Waals surface area contributed by atoms with Crippen LogP contribution in [0.4, 0.5) is 0 Å². The van der Waals surface area contributed by atoms with Crippen molar-refractivity contribution in [2.75, 3.05) is 13.2 Å². The zero-order chi connectivity index (χ0) is 14.9. The highest BCUT2D eigenvalue weighted by Gasteiger charge is 2.28. The third-order valence-corrected chi connectivity index (χ3v) is 4.49. The minimum Gasteiger partial charge on any atom is -0.372 e. The molecule has 2 nitrogen and oxygen atoms in total. The summed E-state index contributed by atoms with van der Waals surface area (Å²) in [5, 5.41) is 6.30. The van der Waals surface area contributed by atoms with Gasteiger partial charge >= 0.3 is 0 Å². The van der Waals surface area contributed by atoms with Gasteiger partial charge in [0.2, 0.25) is 0 Å². The maximum absolute atomic E-state index is 6.16. The summed E-state index contributed by atoms with van der Waals surface area (Å²) in [7, 11) is 0. The third-order valence-electron chi connectivity index (χ3n) is 4.49. The summed E-state index contributed by atoms with van der Waals surface area (Å²) in [4.78, 5) is 0. The first-order valence-corrected chi connectivity index (χ1v) is 7.88. The van der Waals surface area contributed by atoms with E-state index in [4.69, 9.17) is 4.74 Å². The van der Waals surface area contributed by atoms with Crippen LogP contribution in [0.1, 0.15) is 38.9 Å². The van der Waals surface area contributed by atoms with E-state index in [0.29, 0.717) is 6.04 Å². The minimum absolute atomic E-state index is 0.142. The van der Waals surface area contributed by atoms with Crippen molar-refractivity contribution in [3.63, 3.8) is 0 Å². The summed E-state index contributed by atoms with van der Waals surface area (Å²) in [6, 6.07) is 15.6. The van der Waals surface area contributed by atoms with Crippen LogP contribution in [0.15, 0.2) is 42.5 Å². The Balaban J connectivity index is 1.87. The first-order chi connectivity index (χ1) is 10.1. The Morgan fingerprint density at radius 2 is 1.81 bits per heavy atom. The summed E-state index contributed by atoms with van der Waals surface area (Å²) in [6.07, 6.45) is 1.22. The number of hydrogen-bond donors (Lipinski definition) is 1. The molecule has 2 aromatic carbocycles. The molecule has 2 atom stereocenters. The summed E-state index contributed by atoms with van der Waals surface area (Å²) < 4.78 is 6.16. The Morgan fingerprint density at radius 1 is 1.05 bits per heavy atom. The predicted octanol–water partition coefficient (Wildman–Crippen LogP) is 4.31. The van der Waals surface area contributed by atoms with E-state index in [2.05, 4.69) is 68.6 Å². The lowest BCUT2D eigenvalue weighted by atomic mass is 9.85. The largest absolute Gasteiger partial charge is 0.372 e. The van der Waals surface area contributed by atoms with Gasteiger partial charge in [-0.05, 0) is 28.2 Å². The first kappa shape index (κ1) is 14.6. The van der Waals surface area contributed by atoms with Crippen LogP contribution in [0.5, 0.6) is 0 Å². The molecule has 0 spiro atoms. The third kappa shape index (κ3) is 3.12. The number of benzene rings is 2. The van der Waals surface area contributed by atoms with Crippen molar-refractivity contribution in [2.45, 2.75) is 39.3 Å².